The van der Waals surface area contributed by atoms with Crippen molar-refractivity contribution >= 4 is 57.4 Å². The van der Waals surface area contributed by atoms with Crippen molar-refractivity contribution in [3.05, 3.63) is 113 Å². The summed E-state index contributed by atoms with van der Waals surface area (Å²) >= 11 is 14.9. The summed E-state index contributed by atoms with van der Waals surface area (Å²) in [6, 6.07) is 29.1. The fraction of sp³-hybridized carbons (Fsp3) is 0.265. The van der Waals surface area contributed by atoms with Gasteiger partial charge in [-0.05, 0) is 46.5 Å². The first-order valence-electron chi connectivity index (χ1n) is 14.1. The number of unbranched alkanes of at least 4 members (excludes halogenated alkanes) is 2. The number of nitrogens with one attached hydrogen (secondary N) is 1. The molecule has 1 fully saturated rings. The van der Waals surface area contributed by atoms with Crippen LogP contribution >= 0.6 is 23.2 Å². The Labute approximate surface area is 248 Å². The zero-order valence-electron chi connectivity index (χ0n) is 22.3. The molecule has 2 atom stereocenters. The van der Waals surface area contributed by atoms with Gasteiger partial charge in [-0.1, -0.05) is 91.3 Å². The number of hydrogen-bond acceptors (Lipinski definition) is 3. The zero-order valence-corrected chi connectivity index (χ0v) is 23.8. The highest BCUT2D eigenvalue weighted by Crippen LogP contribution is 2.69. The van der Waals surface area contributed by atoms with Crippen molar-refractivity contribution in [3.8, 4) is 0 Å². The van der Waals surface area contributed by atoms with Crippen LogP contribution in [0.2, 0.25) is 0 Å². The molecule has 8 rings (SSSR count). The first-order chi connectivity index (χ1) is 19.9. The molecule has 5 nitrogen and oxygen atoms in total. The Morgan fingerprint density at radius 2 is 1.20 bits per heavy atom. The molecular formula is C34H28Cl2N2O3. The molecule has 2 bridgehead atoms. The molecule has 4 aromatic rings. The van der Waals surface area contributed by atoms with Gasteiger partial charge in [0, 0.05) is 24.0 Å². The van der Waals surface area contributed by atoms with E-state index in [1.165, 1.54) is 4.90 Å². The number of amides is 3. The summed E-state index contributed by atoms with van der Waals surface area (Å²) in [5.41, 5.74) is 4.01. The van der Waals surface area contributed by atoms with E-state index in [4.69, 9.17) is 23.2 Å². The van der Waals surface area contributed by atoms with Crippen LogP contribution in [0.5, 0.6) is 0 Å². The Hall–Kier alpha value is -3.67. The number of anilines is 1. The van der Waals surface area contributed by atoms with E-state index in [2.05, 4.69) is 5.32 Å². The summed E-state index contributed by atoms with van der Waals surface area (Å²) in [7, 11) is 0. The van der Waals surface area contributed by atoms with Crippen LogP contribution in [-0.4, -0.2) is 29.2 Å². The summed E-state index contributed by atoms with van der Waals surface area (Å²) in [5.74, 6) is -2.13. The molecule has 0 spiro atoms. The molecule has 4 aliphatic rings. The third kappa shape index (κ3) is 3.72. The first-order valence-corrected chi connectivity index (χ1v) is 14.8. The van der Waals surface area contributed by atoms with E-state index in [1.54, 1.807) is 0 Å². The number of fused-ring (bicyclic) bond motifs is 1. The van der Waals surface area contributed by atoms with Crippen molar-refractivity contribution in [1.29, 1.82) is 0 Å². The Balaban J connectivity index is 1.04. The monoisotopic (exact) mass is 582 g/mol. The van der Waals surface area contributed by atoms with Gasteiger partial charge in [-0.15, -0.1) is 23.2 Å². The zero-order chi connectivity index (χ0) is 28.4. The van der Waals surface area contributed by atoms with Crippen LogP contribution in [0.4, 0.5) is 5.69 Å². The number of halogens is 2. The van der Waals surface area contributed by atoms with Crippen molar-refractivity contribution < 1.29 is 14.4 Å². The van der Waals surface area contributed by atoms with E-state index in [1.807, 2.05) is 91.0 Å². The van der Waals surface area contributed by atoms with Gasteiger partial charge in [-0.25, -0.2) is 0 Å². The quantitative estimate of drug-likeness (QED) is 0.146. The second kappa shape index (κ2) is 9.71. The third-order valence-electron chi connectivity index (χ3n) is 9.03. The maximum absolute atomic E-state index is 13.9. The minimum Gasteiger partial charge on any atom is -0.326 e. The molecule has 7 heteroatoms. The van der Waals surface area contributed by atoms with Crippen LogP contribution in [0.15, 0.2) is 91.0 Å². The number of carbonyl (C=O) groups excluding carboxylic acids is 3. The maximum atomic E-state index is 13.9. The molecule has 206 valence electrons. The van der Waals surface area contributed by atoms with E-state index < -0.39 is 21.6 Å². The van der Waals surface area contributed by atoms with Crippen LogP contribution < -0.4 is 5.32 Å². The SMILES string of the molecule is O=C(CCCCCN1C(=O)[C@@H]2[C@@H](C1=O)C1(Cl)c3ccccc3C2(Cl)c2ccccc21)Nc1cccc2ccccc12. The minimum absolute atomic E-state index is 0.0547. The molecular weight excluding hydrogens is 555 g/mol. The van der Waals surface area contributed by atoms with E-state index in [0.29, 0.717) is 25.7 Å². The van der Waals surface area contributed by atoms with Crippen molar-refractivity contribution in [2.24, 2.45) is 11.8 Å². The molecule has 3 amide bonds. The van der Waals surface area contributed by atoms with Crippen molar-refractivity contribution in [1.82, 2.24) is 4.90 Å². The Morgan fingerprint density at radius 3 is 1.78 bits per heavy atom. The summed E-state index contributed by atoms with van der Waals surface area (Å²) in [4.78, 5) is 39.5. The van der Waals surface area contributed by atoms with Crippen LogP contribution in [0.3, 0.4) is 0 Å². The lowest BCUT2D eigenvalue weighted by Gasteiger charge is -2.54. The van der Waals surface area contributed by atoms with Gasteiger partial charge < -0.3 is 5.32 Å². The molecule has 3 aliphatic carbocycles. The van der Waals surface area contributed by atoms with Gasteiger partial charge in [0.1, 0.15) is 9.75 Å². The van der Waals surface area contributed by atoms with E-state index in [9.17, 15) is 14.4 Å². The highest BCUT2D eigenvalue weighted by Gasteiger charge is 2.72. The summed E-state index contributed by atoms with van der Waals surface area (Å²) < 4.78 is 0. The molecule has 41 heavy (non-hydrogen) atoms. The lowest BCUT2D eigenvalue weighted by atomic mass is 9.54. The molecule has 0 aromatic heterocycles. The second-order valence-corrected chi connectivity index (χ2v) is 12.4. The van der Waals surface area contributed by atoms with Crippen molar-refractivity contribution in [3.63, 3.8) is 0 Å². The van der Waals surface area contributed by atoms with E-state index in [0.717, 1.165) is 38.7 Å². The van der Waals surface area contributed by atoms with Crippen LogP contribution in [0.1, 0.15) is 47.9 Å². The van der Waals surface area contributed by atoms with Gasteiger partial charge in [0.05, 0.1) is 11.8 Å². The largest absolute Gasteiger partial charge is 0.326 e. The first kappa shape index (κ1) is 26.2. The van der Waals surface area contributed by atoms with Crippen molar-refractivity contribution in [2.45, 2.75) is 35.4 Å². The van der Waals surface area contributed by atoms with Crippen molar-refractivity contribution in [2.75, 3.05) is 11.9 Å². The highest BCUT2D eigenvalue weighted by molar-refractivity contribution is 6.36. The van der Waals surface area contributed by atoms with Gasteiger partial charge in [-0.2, -0.15) is 0 Å². The fourth-order valence-corrected chi connectivity index (χ4v) is 8.32. The smallest absolute Gasteiger partial charge is 0.235 e. The Morgan fingerprint density at radius 1 is 0.683 bits per heavy atom. The van der Waals surface area contributed by atoms with Crippen LogP contribution in [0.25, 0.3) is 10.8 Å². The Kier molecular flexibility index (Phi) is 6.22. The van der Waals surface area contributed by atoms with Crippen LogP contribution in [0, 0.1) is 11.8 Å². The lowest BCUT2D eigenvalue weighted by Crippen LogP contribution is -2.57. The second-order valence-electron chi connectivity index (χ2n) is 11.2. The number of alkyl halides is 2. The molecule has 0 saturated carbocycles. The predicted octanol–water partition coefficient (Wildman–Crippen LogP) is 6.93. The molecule has 0 radical (unpaired) electrons. The lowest BCUT2D eigenvalue weighted by molar-refractivity contribution is -0.140. The van der Waals surface area contributed by atoms with Gasteiger partial charge >= 0.3 is 0 Å². The number of imide groups is 1. The number of nitrogens with zero attached hydrogens (tertiary/aromatic N) is 1. The topological polar surface area (TPSA) is 66.5 Å². The van der Waals surface area contributed by atoms with Gasteiger partial charge in [0.25, 0.3) is 0 Å². The number of carbonyl (C=O) groups is 3. The fourth-order valence-electron chi connectivity index (χ4n) is 7.22. The standard InChI is InChI=1S/C34H28Cl2N2O3/c35-33-23-14-5-6-15-24(23)34(36,26-17-8-7-16-25(26)33)30-29(33)31(40)38(32(30)41)20-9-1-2-19-28(39)37-27-18-10-12-21-11-3-4-13-22(21)27/h3-8,10-18,29-30H,1-2,9,19-20H2,(H,37,39)/t29-,30-,33?,34?/m0/s1. The summed E-state index contributed by atoms with van der Waals surface area (Å²) in [6.07, 6.45) is 2.31. The average Bonchev–Trinajstić information content (AvgIpc) is 3.26. The number of likely N-dealkylation sites (tertiary alicyclic amines) is 1. The highest BCUT2D eigenvalue weighted by atomic mass is 35.5. The molecule has 1 saturated heterocycles. The van der Waals surface area contributed by atoms with E-state index in [-0.39, 0.29) is 24.3 Å². The van der Waals surface area contributed by atoms with Crippen LogP contribution in [-0.2, 0) is 24.1 Å². The van der Waals surface area contributed by atoms with Gasteiger partial charge in [0.2, 0.25) is 17.7 Å². The summed E-state index contributed by atoms with van der Waals surface area (Å²) in [5, 5.41) is 5.10. The molecule has 1 heterocycles. The molecule has 1 aliphatic heterocycles. The molecule has 1 N–H and O–H groups in total. The molecule has 0 unspecified atom stereocenters. The predicted molar refractivity (Wildman–Crippen MR) is 161 cm³/mol. The van der Waals surface area contributed by atoms with Gasteiger partial charge in [-0.3, -0.25) is 19.3 Å². The molecule has 4 aromatic carbocycles. The van der Waals surface area contributed by atoms with Gasteiger partial charge in [0.15, 0.2) is 0 Å². The van der Waals surface area contributed by atoms with E-state index >= 15 is 0 Å². The summed E-state index contributed by atoms with van der Waals surface area (Å²) in [6.45, 7) is 0.280. The minimum atomic E-state index is -1.16. The third-order valence-corrected chi connectivity index (χ3v) is 10.3. The number of hydrogen-bond donors (Lipinski definition) is 1. The average molecular weight is 584 g/mol. The maximum Gasteiger partial charge on any atom is 0.235 e. The Bertz CT molecular complexity index is 1610. The number of rotatable bonds is 7. The number of benzene rings is 4. The normalized spacial score (nSPS) is 25.7.